The predicted octanol–water partition coefficient (Wildman–Crippen LogP) is 0.757. The van der Waals surface area contributed by atoms with Gasteiger partial charge in [-0.25, -0.2) is 4.79 Å². The number of carboxylic acids is 1. The molecule has 0 spiro atoms. The first-order valence-corrected chi connectivity index (χ1v) is 10.7. The molecule has 2 aromatic carbocycles. The summed E-state index contributed by atoms with van der Waals surface area (Å²) in [5.74, 6) is -0.985. The maximum Gasteiger partial charge on any atom is 0.335 e. The third-order valence-electron chi connectivity index (χ3n) is 5.73. The molecule has 1 aliphatic rings. The average Bonchev–Trinajstić information content (AvgIpc) is 2.87. The Hall–Kier alpha value is -3.84. The third kappa shape index (κ3) is 4.42. The lowest BCUT2D eigenvalue weighted by Crippen LogP contribution is -2.61. The Balaban J connectivity index is 1.82. The van der Waals surface area contributed by atoms with E-state index in [1.165, 1.54) is 33.5 Å². The molecule has 1 saturated heterocycles. The van der Waals surface area contributed by atoms with Gasteiger partial charge in [-0.15, -0.1) is 0 Å². The first kappa shape index (κ1) is 25.3. The summed E-state index contributed by atoms with van der Waals surface area (Å²) in [4.78, 5) is 24.5. The van der Waals surface area contributed by atoms with Gasteiger partial charge in [-0.1, -0.05) is 0 Å². The summed E-state index contributed by atoms with van der Waals surface area (Å²) in [5, 5.41) is 39.7. The first-order chi connectivity index (χ1) is 17.2. The van der Waals surface area contributed by atoms with Crippen molar-refractivity contribution in [3.05, 3.63) is 46.6 Å². The SMILES string of the molecule is COc1ccc(-c2cc(=O)c3c(OC)c(OC)c(OC4O[C@H](C(=O)O)[C@@H](O)[C@H](O)[C@H]4O)cc3o2)cc1. The van der Waals surface area contributed by atoms with Gasteiger partial charge in [0, 0.05) is 17.7 Å². The number of aliphatic hydroxyl groups is 3. The molecule has 0 amide bonds. The number of carboxylic acid groups (broad SMARTS) is 1. The van der Waals surface area contributed by atoms with Crippen LogP contribution in [-0.4, -0.2) is 78.4 Å². The van der Waals surface area contributed by atoms with Crippen molar-refractivity contribution in [3.63, 3.8) is 0 Å². The molecule has 4 N–H and O–H groups in total. The zero-order valence-electron chi connectivity index (χ0n) is 19.4. The van der Waals surface area contributed by atoms with Crippen LogP contribution < -0.4 is 24.4 Å². The number of benzene rings is 2. The topological polar surface area (TPSA) is 174 Å². The first-order valence-electron chi connectivity index (χ1n) is 10.7. The molecule has 1 unspecified atom stereocenters. The zero-order valence-corrected chi connectivity index (χ0v) is 19.4. The Kier molecular flexibility index (Phi) is 7.04. The lowest BCUT2D eigenvalue weighted by Gasteiger charge is -2.38. The van der Waals surface area contributed by atoms with Crippen LogP contribution in [0.1, 0.15) is 0 Å². The Labute approximate surface area is 203 Å². The quantitative estimate of drug-likeness (QED) is 0.356. The van der Waals surface area contributed by atoms with Crippen molar-refractivity contribution in [2.75, 3.05) is 21.3 Å². The van der Waals surface area contributed by atoms with Gasteiger partial charge in [0.25, 0.3) is 0 Å². The van der Waals surface area contributed by atoms with Gasteiger partial charge >= 0.3 is 5.97 Å². The molecular weight excluding hydrogens is 480 g/mol. The Morgan fingerprint density at radius 2 is 1.56 bits per heavy atom. The fourth-order valence-corrected chi connectivity index (χ4v) is 3.89. The number of carbonyl (C=O) groups is 1. The van der Waals surface area contributed by atoms with E-state index in [1.807, 2.05) is 0 Å². The van der Waals surface area contributed by atoms with Crippen LogP contribution in [0.5, 0.6) is 23.0 Å². The van der Waals surface area contributed by atoms with E-state index in [2.05, 4.69) is 0 Å². The molecule has 2 heterocycles. The molecule has 1 aromatic heterocycles. The molecule has 0 aliphatic carbocycles. The number of hydrogen-bond donors (Lipinski definition) is 4. The van der Waals surface area contributed by atoms with Crippen LogP contribution >= 0.6 is 0 Å². The van der Waals surface area contributed by atoms with Gasteiger partial charge in [0.2, 0.25) is 12.0 Å². The third-order valence-corrected chi connectivity index (χ3v) is 5.73. The normalized spacial score (nSPS) is 23.8. The van der Waals surface area contributed by atoms with E-state index in [4.69, 9.17) is 28.1 Å². The van der Waals surface area contributed by atoms with Gasteiger partial charge in [0.15, 0.2) is 23.0 Å². The summed E-state index contributed by atoms with van der Waals surface area (Å²) in [6.45, 7) is 0. The molecular formula is C24H24O12. The number of hydrogen-bond acceptors (Lipinski definition) is 11. The van der Waals surface area contributed by atoms with Crippen LogP contribution in [0.4, 0.5) is 0 Å². The van der Waals surface area contributed by atoms with Crippen molar-refractivity contribution in [2.45, 2.75) is 30.7 Å². The Morgan fingerprint density at radius 1 is 0.889 bits per heavy atom. The van der Waals surface area contributed by atoms with E-state index in [0.717, 1.165) is 0 Å². The van der Waals surface area contributed by atoms with Crippen LogP contribution in [0, 0.1) is 0 Å². The van der Waals surface area contributed by atoms with Gasteiger partial charge in [-0.2, -0.15) is 0 Å². The molecule has 36 heavy (non-hydrogen) atoms. The van der Waals surface area contributed by atoms with E-state index in [-0.39, 0.29) is 34.0 Å². The zero-order chi connectivity index (χ0) is 26.1. The highest BCUT2D eigenvalue weighted by Gasteiger charge is 2.48. The Morgan fingerprint density at radius 3 is 2.14 bits per heavy atom. The molecule has 1 fully saturated rings. The minimum absolute atomic E-state index is 0.0293. The number of ether oxygens (including phenoxy) is 5. The maximum absolute atomic E-state index is 13.0. The lowest BCUT2D eigenvalue weighted by molar-refractivity contribution is -0.271. The van der Waals surface area contributed by atoms with E-state index in [9.17, 15) is 30.0 Å². The molecule has 3 aromatic rings. The van der Waals surface area contributed by atoms with Gasteiger partial charge in [-0.05, 0) is 24.3 Å². The van der Waals surface area contributed by atoms with Crippen molar-refractivity contribution in [2.24, 2.45) is 0 Å². The largest absolute Gasteiger partial charge is 0.497 e. The van der Waals surface area contributed by atoms with Gasteiger partial charge < -0.3 is 48.5 Å². The van der Waals surface area contributed by atoms with E-state index >= 15 is 0 Å². The molecule has 0 bridgehead atoms. The summed E-state index contributed by atoms with van der Waals surface area (Å²) >= 11 is 0. The van der Waals surface area contributed by atoms with Crippen molar-refractivity contribution < 1.29 is 53.3 Å². The highest BCUT2D eigenvalue weighted by molar-refractivity contribution is 5.90. The number of methoxy groups -OCH3 is 3. The van der Waals surface area contributed by atoms with Gasteiger partial charge in [0.05, 0.1) is 21.3 Å². The number of aliphatic hydroxyl groups excluding tert-OH is 3. The summed E-state index contributed by atoms with van der Waals surface area (Å²) in [6.07, 6.45) is -9.19. The molecule has 1 aliphatic heterocycles. The minimum Gasteiger partial charge on any atom is -0.497 e. The van der Waals surface area contributed by atoms with Crippen LogP contribution in [-0.2, 0) is 9.53 Å². The van der Waals surface area contributed by atoms with E-state index in [0.29, 0.717) is 11.3 Å². The van der Waals surface area contributed by atoms with E-state index < -0.39 is 42.1 Å². The second-order valence-electron chi connectivity index (χ2n) is 7.87. The summed E-state index contributed by atoms with van der Waals surface area (Å²) in [7, 11) is 4.10. The fraction of sp³-hybridized carbons (Fsp3) is 0.333. The number of fused-ring (bicyclic) bond motifs is 1. The van der Waals surface area contributed by atoms with Crippen LogP contribution in [0.25, 0.3) is 22.3 Å². The number of rotatable bonds is 7. The standard InChI is InChI=1S/C24H24O12/c1-31-11-6-4-10(5-7-11)13-8-12(25)16-14(34-13)9-15(20(32-2)21(16)33-3)35-24-19(28)17(26)18(27)22(36-24)23(29)30/h4-9,17-19,22,24,26-28H,1-3H3,(H,29,30)/t17-,18-,19+,22-,24?/m0/s1. The predicted molar refractivity (Wildman–Crippen MR) is 123 cm³/mol. The van der Waals surface area contributed by atoms with Crippen molar-refractivity contribution >= 4 is 16.9 Å². The summed E-state index contributed by atoms with van der Waals surface area (Å²) < 4.78 is 32.7. The molecule has 4 rings (SSSR count). The second-order valence-corrected chi connectivity index (χ2v) is 7.87. The minimum atomic E-state index is -1.89. The maximum atomic E-state index is 13.0. The molecule has 5 atom stereocenters. The molecule has 0 saturated carbocycles. The van der Waals surface area contributed by atoms with Crippen molar-refractivity contribution in [3.8, 4) is 34.3 Å². The fourth-order valence-electron chi connectivity index (χ4n) is 3.89. The molecule has 12 nitrogen and oxygen atoms in total. The highest BCUT2D eigenvalue weighted by atomic mass is 16.7. The molecule has 0 radical (unpaired) electrons. The van der Waals surface area contributed by atoms with Gasteiger partial charge in [0.1, 0.15) is 40.8 Å². The molecule has 12 heteroatoms. The Bertz CT molecular complexity index is 1320. The van der Waals surface area contributed by atoms with Crippen LogP contribution in [0.15, 0.2) is 45.6 Å². The second kappa shape index (κ2) is 10.0. The van der Waals surface area contributed by atoms with Crippen LogP contribution in [0.2, 0.25) is 0 Å². The lowest BCUT2D eigenvalue weighted by atomic mass is 9.99. The smallest absolute Gasteiger partial charge is 0.335 e. The van der Waals surface area contributed by atoms with Crippen LogP contribution in [0.3, 0.4) is 0 Å². The average molecular weight is 504 g/mol. The monoisotopic (exact) mass is 504 g/mol. The number of aliphatic carboxylic acids is 1. The van der Waals surface area contributed by atoms with Crippen molar-refractivity contribution in [1.29, 1.82) is 0 Å². The van der Waals surface area contributed by atoms with Crippen molar-refractivity contribution in [1.82, 2.24) is 0 Å². The summed E-state index contributed by atoms with van der Waals surface area (Å²) in [6, 6.07) is 9.37. The van der Waals surface area contributed by atoms with Gasteiger partial charge in [-0.3, -0.25) is 4.79 Å². The summed E-state index contributed by atoms with van der Waals surface area (Å²) in [5.41, 5.74) is 0.170. The highest BCUT2D eigenvalue weighted by Crippen LogP contribution is 2.44. The van der Waals surface area contributed by atoms with E-state index in [1.54, 1.807) is 24.3 Å². The molecule has 192 valence electrons.